The van der Waals surface area contributed by atoms with Crippen molar-refractivity contribution in [2.75, 3.05) is 40.5 Å². The Labute approximate surface area is 316 Å². The van der Waals surface area contributed by atoms with Gasteiger partial charge in [-0.1, -0.05) is 54.6 Å². The number of benzene rings is 3. The summed E-state index contributed by atoms with van der Waals surface area (Å²) in [6, 6.07) is 25.6. The smallest absolute Gasteiger partial charge is 0.497 e. The minimum atomic E-state index is -3.81. The summed E-state index contributed by atoms with van der Waals surface area (Å²) in [6.07, 6.45) is -1.13. The quantitative estimate of drug-likeness (QED) is 0.171. The second-order valence-corrected chi connectivity index (χ2v) is 16.3. The first-order valence-corrected chi connectivity index (χ1v) is 20.0. The molecule has 0 spiro atoms. The van der Waals surface area contributed by atoms with Crippen molar-refractivity contribution >= 4 is 9.05 Å². The van der Waals surface area contributed by atoms with Gasteiger partial charge in [-0.25, -0.2) is 4.79 Å². The number of fused-ring (bicyclic) bond motifs is 6. The fourth-order valence-corrected chi connectivity index (χ4v) is 10.4. The monoisotopic (exact) mass is 759 g/mol. The number of nitrogens with zero attached hydrogens (tertiary/aromatic N) is 2. The lowest BCUT2D eigenvalue weighted by molar-refractivity contribution is -0.153. The van der Waals surface area contributed by atoms with Gasteiger partial charge in [0.05, 0.1) is 45.2 Å². The van der Waals surface area contributed by atoms with Crippen molar-refractivity contribution in [1.82, 2.24) is 14.5 Å². The number of hydrogen-bond acceptors (Lipinski definition) is 11. The molecule has 14 heteroatoms. The SMILES string of the molecule is COc1ccc(C(OC[C@H]2O[C@@H](n3cc(C)c(=O)[nH]c3=O)C[C@@H]2O[Si]23O[C@H](C)CN(C[C@@H](C)O2)C[C@@H](C)O3)(c2ccccc2)c2ccc(OC)cc2)cc1. The third-order valence-electron chi connectivity index (χ3n) is 10.2. The Morgan fingerprint density at radius 2 is 1.30 bits per heavy atom. The van der Waals surface area contributed by atoms with Gasteiger partial charge in [0.2, 0.25) is 0 Å². The first-order valence-electron chi connectivity index (χ1n) is 18.4. The van der Waals surface area contributed by atoms with Crippen LogP contribution in [-0.4, -0.2) is 94.5 Å². The van der Waals surface area contributed by atoms with Crippen molar-refractivity contribution in [2.45, 2.75) is 76.5 Å². The van der Waals surface area contributed by atoms with E-state index in [0.29, 0.717) is 36.7 Å². The molecular formula is C40H49N3O10Si. The molecule has 0 unspecified atom stereocenters. The maximum absolute atomic E-state index is 13.2. The summed E-state index contributed by atoms with van der Waals surface area (Å²) in [7, 11) is -0.547. The lowest BCUT2D eigenvalue weighted by Crippen LogP contribution is -2.64. The number of methoxy groups -OCH3 is 2. The molecule has 2 bridgehead atoms. The number of ether oxygens (including phenoxy) is 4. The van der Waals surface area contributed by atoms with Crippen LogP contribution in [0.4, 0.5) is 0 Å². The minimum Gasteiger partial charge on any atom is -0.497 e. The maximum Gasteiger partial charge on any atom is 0.680 e. The van der Waals surface area contributed by atoms with E-state index in [2.05, 4.69) is 9.88 Å². The van der Waals surface area contributed by atoms with Crippen molar-refractivity contribution in [3.8, 4) is 11.5 Å². The van der Waals surface area contributed by atoms with E-state index < -0.39 is 44.3 Å². The van der Waals surface area contributed by atoms with Crippen molar-refractivity contribution < 1.29 is 36.7 Å². The standard InChI is InChI=1S/C40H49N3O10Si/c1-26-21-43(39(45)41-38(26)44)37-20-35(53-54-50-27(2)22-42(23-28(3)51-54)24-29(4)52-54)36(49-37)25-48-40(30-10-8-7-9-11-30,31-12-16-33(46-5)17-13-31)32-14-18-34(47-6)19-15-32/h7-19,21,27-29,35-37H,20,22-25H2,1-6H3,(H,41,44,45)/t27-,28-,29-,35+,36-,37-/m1/s1. The fraction of sp³-hybridized carbons (Fsp3) is 0.450. The number of hydrogen-bond donors (Lipinski definition) is 1. The lowest BCUT2D eigenvalue weighted by Gasteiger charge is -2.45. The van der Waals surface area contributed by atoms with Crippen LogP contribution >= 0.6 is 0 Å². The zero-order valence-electron chi connectivity index (χ0n) is 31.6. The molecule has 288 valence electrons. The number of nitrogens with one attached hydrogen (secondary N) is 1. The van der Waals surface area contributed by atoms with Crippen molar-refractivity contribution in [2.24, 2.45) is 0 Å². The third-order valence-corrected chi connectivity index (χ3v) is 12.8. The lowest BCUT2D eigenvalue weighted by atomic mass is 9.80. The first-order chi connectivity index (χ1) is 26.0. The first kappa shape index (κ1) is 38.2. The molecule has 3 aromatic carbocycles. The largest absolute Gasteiger partial charge is 0.680 e. The van der Waals surface area contributed by atoms with E-state index in [0.717, 1.165) is 16.7 Å². The Balaban J connectivity index is 1.31. The zero-order valence-corrected chi connectivity index (χ0v) is 32.6. The van der Waals surface area contributed by atoms with Crippen LogP contribution in [0.5, 0.6) is 11.5 Å². The van der Waals surface area contributed by atoms with E-state index in [9.17, 15) is 9.59 Å². The van der Waals surface area contributed by atoms with Crippen LogP contribution in [0.3, 0.4) is 0 Å². The highest BCUT2D eigenvalue weighted by Crippen LogP contribution is 2.43. The Morgan fingerprint density at radius 3 is 1.81 bits per heavy atom. The van der Waals surface area contributed by atoms with Gasteiger partial charge in [0.1, 0.15) is 29.4 Å². The highest BCUT2D eigenvalue weighted by Gasteiger charge is 2.57. The van der Waals surface area contributed by atoms with Crippen LogP contribution < -0.4 is 20.7 Å². The summed E-state index contributed by atoms with van der Waals surface area (Å²) in [5.74, 6) is 1.41. The topological polar surface area (TPSA) is 132 Å². The number of rotatable bonds is 11. The highest BCUT2D eigenvalue weighted by atomic mass is 28.4. The maximum atomic E-state index is 13.2. The molecule has 6 atom stereocenters. The van der Waals surface area contributed by atoms with Gasteiger partial charge in [-0.3, -0.25) is 19.2 Å². The molecule has 54 heavy (non-hydrogen) atoms. The van der Waals surface area contributed by atoms with Gasteiger partial charge in [-0.05, 0) is 68.7 Å². The van der Waals surface area contributed by atoms with Gasteiger partial charge in [-0.2, -0.15) is 0 Å². The molecular weight excluding hydrogens is 711 g/mol. The Morgan fingerprint density at radius 1 is 0.778 bits per heavy atom. The van der Waals surface area contributed by atoms with Crippen LogP contribution in [0.15, 0.2) is 94.6 Å². The van der Waals surface area contributed by atoms with Crippen LogP contribution in [0, 0.1) is 6.92 Å². The van der Waals surface area contributed by atoms with Crippen LogP contribution in [0.25, 0.3) is 0 Å². The predicted molar refractivity (Wildman–Crippen MR) is 202 cm³/mol. The molecule has 8 rings (SSSR count). The molecule has 4 aliphatic rings. The molecule has 1 N–H and O–H groups in total. The van der Waals surface area contributed by atoms with E-state index in [-0.39, 0.29) is 31.3 Å². The number of H-pyrrole nitrogens is 1. The molecule has 0 aliphatic carbocycles. The van der Waals surface area contributed by atoms with E-state index in [1.54, 1.807) is 21.1 Å². The van der Waals surface area contributed by atoms with Gasteiger partial charge >= 0.3 is 14.7 Å². The molecule has 4 aliphatic heterocycles. The molecule has 4 fully saturated rings. The molecule has 4 saturated heterocycles. The number of aromatic nitrogens is 2. The second-order valence-electron chi connectivity index (χ2n) is 14.3. The summed E-state index contributed by atoms with van der Waals surface area (Å²) >= 11 is 0. The Bertz CT molecular complexity index is 1910. The predicted octanol–water partition coefficient (Wildman–Crippen LogP) is 4.52. The van der Waals surface area contributed by atoms with Gasteiger partial charge in [0.15, 0.2) is 0 Å². The molecule has 1 aromatic heterocycles. The summed E-state index contributed by atoms with van der Waals surface area (Å²) in [4.78, 5) is 30.3. The molecule has 0 amide bonds. The van der Waals surface area contributed by atoms with E-state index in [1.165, 1.54) is 10.8 Å². The van der Waals surface area contributed by atoms with Gasteiger partial charge in [-0.15, -0.1) is 0 Å². The van der Waals surface area contributed by atoms with Gasteiger partial charge in [0, 0.05) is 37.8 Å². The average molecular weight is 760 g/mol. The number of aromatic amines is 1. The normalized spacial score (nSPS) is 28.6. The van der Waals surface area contributed by atoms with E-state index in [4.69, 9.17) is 36.7 Å². The summed E-state index contributed by atoms with van der Waals surface area (Å²) in [5, 5.41) is 0. The third kappa shape index (κ3) is 7.84. The van der Waals surface area contributed by atoms with Gasteiger partial charge in [0.25, 0.3) is 5.56 Å². The van der Waals surface area contributed by atoms with Crippen molar-refractivity contribution in [3.63, 3.8) is 0 Å². The average Bonchev–Trinajstić information content (AvgIpc) is 3.54. The van der Waals surface area contributed by atoms with Crippen LogP contribution in [-0.2, 0) is 32.8 Å². The molecule has 4 aromatic rings. The van der Waals surface area contributed by atoms with E-state index >= 15 is 0 Å². The zero-order chi connectivity index (χ0) is 38.0. The molecule has 0 saturated carbocycles. The summed E-state index contributed by atoms with van der Waals surface area (Å²) in [6.45, 7) is 9.78. The van der Waals surface area contributed by atoms with E-state index in [1.807, 2.05) is 99.6 Å². The van der Waals surface area contributed by atoms with Crippen molar-refractivity contribution in [3.05, 3.63) is 128 Å². The molecule has 13 nitrogen and oxygen atoms in total. The van der Waals surface area contributed by atoms with Crippen LogP contribution in [0.2, 0.25) is 0 Å². The second kappa shape index (κ2) is 15.9. The van der Waals surface area contributed by atoms with Gasteiger partial charge < -0.3 is 36.7 Å². The highest BCUT2D eigenvalue weighted by molar-refractivity contribution is 6.53. The molecule has 0 radical (unpaired) electrons. The minimum absolute atomic E-state index is 0.0180. The van der Waals surface area contributed by atoms with Crippen LogP contribution in [0.1, 0.15) is 55.7 Å². The Hall–Kier alpha value is -4.12. The fourth-order valence-electron chi connectivity index (χ4n) is 7.74. The van der Waals surface area contributed by atoms with Crippen molar-refractivity contribution in [1.29, 1.82) is 0 Å². The Kier molecular flexibility index (Phi) is 11.3. The number of aryl methyl sites for hydroxylation is 1. The summed E-state index contributed by atoms with van der Waals surface area (Å²) in [5.41, 5.74) is 0.776. The molecule has 5 heterocycles. The summed E-state index contributed by atoms with van der Waals surface area (Å²) < 4.78 is 53.2.